The lowest BCUT2D eigenvalue weighted by Gasteiger charge is -2.08. The first-order valence-corrected chi connectivity index (χ1v) is 8.20. The monoisotopic (exact) mass is 361 g/mol. The number of aryl methyl sites for hydroxylation is 1. The number of hydrogen-bond donors (Lipinski definition) is 1. The maximum Gasteiger partial charge on any atom is 0.253 e. The summed E-state index contributed by atoms with van der Waals surface area (Å²) in [7, 11) is 0. The van der Waals surface area contributed by atoms with E-state index in [4.69, 9.17) is 0 Å². The van der Waals surface area contributed by atoms with Crippen LogP contribution in [0.25, 0.3) is 16.9 Å². The van der Waals surface area contributed by atoms with Crippen molar-refractivity contribution in [2.45, 2.75) is 13.5 Å². The predicted molar refractivity (Wildman–Crippen MR) is 98.1 cm³/mol. The van der Waals surface area contributed by atoms with Crippen molar-refractivity contribution in [1.82, 2.24) is 29.4 Å². The first-order chi connectivity index (χ1) is 13.1. The zero-order valence-corrected chi connectivity index (χ0v) is 14.4. The highest BCUT2D eigenvalue weighted by Gasteiger charge is 2.08. The first kappa shape index (κ1) is 16.6. The van der Waals surface area contributed by atoms with Crippen molar-refractivity contribution < 1.29 is 4.79 Å². The van der Waals surface area contributed by atoms with Crippen LogP contribution in [0.1, 0.15) is 5.82 Å². The van der Waals surface area contributed by atoms with E-state index in [1.807, 2.05) is 37.3 Å². The summed E-state index contributed by atoms with van der Waals surface area (Å²) in [6, 6.07) is 12.3. The van der Waals surface area contributed by atoms with Gasteiger partial charge in [-0.2, -0.15) is 9.61 Å². The van der Waals surface area contributed by atoms with Gasteiger partial charge in [-0.1, -0.05) is 12.1 Å². The summed E-state index contributed by atoms with van der Waals surface area (Å²) >= 11 is 0. The second-order valence-electron chi connectivity index (χ2n) is 5.91. The number of amides is 1. The van der Waals surface area contributed by atoms with Gasteiger partial charge in [-0.25, -0.2) is 4.98 Å². The Morgan fingerprint density at radius 2 is 2.04 bits per heavy atom. The third-order valence-electron chi connectivity index (χ3n) is 3.97. The smallest absolute Gasteiger partial charge is 0.253 e. The van der Waals surface area contributed by atoms with Crippen molar-refractivity contribution in [3.05, 3.63) is 71.2 Å². The summed E-state index contributed by atoms with van der Waals surface area (Å²) in [6.07, 6.45) is 2.72. The van der Waals surface area contributed by atoms with Crippen molar-refractivity contribution in [3.63, 3.8) is 0 Å². The molecular weight excluding hydrogens is 346 g/mol. The molecule has 3 aromatic heterocycles. The molecule has 9 heteroatoms. The molecule has 0 atom stereocenters. The van der Waals surface area contributed by atoms with Crippen molar-refractivity contribution in [3.8, 4) is 11.3 Å². The van der Waals surface area contributed by atoms with Crippen LogP contribution in [0.15, 0.2) is 59.8 Å². The number of nitrogens with zero attached hydrogens (tertiary/aromatic N) is 6. The molecule has 27 heavy (non-hydrogen) atoms. The minimum Gasteiger partial charge on any atom is -0.325 e. The molecule has 0 bridgehead atoms. The number of benzene rings is 1. The molecule has 0 saturated heterocycles. The van der Waals surface area contributed by atoms with Gasteiger partial charge in [0.2, 0.25) is 5.91 Å². The van der Waals surface area contributed by atoms with E-state index in [1.165, 1.54) is 23.2 Å². The molecule has 134 valence electrons. The highest BCUT2D eigenvalue weighted by molar-refractivity contribution is 5.91. The molecule has 0 fully saturated rings. The number of carbonyl (C=O) groups excluding carboxylic acids is 1. The molecule has 1 N–H and O–H groups in total. The molecule has 4 aromatic rings. The van der Waals surface area contributed by atoms with Gasteiger partial charge in [0.15, 0.2) is 11.5 Å². The number of hydrogen-bond acceptors (Lipinski definition) is 6. The Morgan fingerprint density at radius 1 is 1.15 bits per heavy atom. The topological polar surface area (TPSA) is 107 Å². The number of rotatable bonds is 4. The van der Waals surface area contributed by atoms with E-state index in [1.54, 1.807) is 10.6 Å². The Morgan fingerprint density at radius 3 is 2.89 bits per heavy atom. The Bertz CT molecular complexity index is 1200. The third-order valence-corrected chi connectivity index (χ3v) is 3.97. The third kappa shape index (κ3) is 3.43. The molecule has 0 unspecified atom stereocenters. The minimum absolute atomic E-state index is 0.110. The summed E-state index contributed by atoms with van der Waals surface area (Å²) in [5.74, 6) is 0.374. The van der Waals surface area contributed by atoms with Crippen LogP contribution in [0.5, 0.6) is 0 Å². The molecule has 9 nitrogen and oxygen atoms in total. The van der Waals surface area contributed by atoms with Gasteiger partial charge in [0.1, 0.15) is 6.54 Å². The molecule has 0 aliphatic rings. The summed E-state index contributed by atoms with van der Waals surface area (Å²) in [5.41, 5.74) is 2.56. The molecule has 1 aromatic carbocycles. The van der Waals surface area contributed by atoms with Gasteiger partial charge in [-0.15, -0.1) is 10.2 Å². The van der Waals surface area contributed by atoms with Gasteiger partial charge in [-0.05, 0) is 31.2 Å². The maximum atomic E-state index is 12.2. The van der Waals surface area contributed by atoms with Crippen LogP contribution in [0.2, 0.25) is 0 Å². The van der Waals surface area contributed by atoms with E-state index in [-0.39, 0.29) is 18.0 Å². The molecular formula is C18H15N7O2. The molecule has 3 heterocycles. The Labute approximate surface area is 153 Å². The lowest BCUT2D eigenvalue weighted by molar-refractivity contribution is -0.116. The fraction of sp³-hybridized carbons (Fsp3) is 0.111. The largest absolute Gasteiger partial charge is 0.325 e. The van der Waals surface area contributed by atoms with E-state index in [0.717, 1.165) is 11.3 Å². The standard InChI is InChI=1S/C18H15N7O2/c1-12-21-22-16-6-5-15(23-25(12)16)13-3-2-4-14(9-13)20-17(26)10-24-11-19-8-7-18(24)27/h2-9,11H,10H2,1H3,(H,20,26). The van der Waals surface area contributed by atoms with E-state index in [9.17, 15) is 9.59 Å². The highest BCUT2D eigenvalue weighted by atomic mass is 16.2. The molecule has 0 spiro atoms. The fourth-order valence-corrected chi connectivity index (χ4v) is 2.66. The lowest BCUT2D eigenvalue weighted by Crippen LogP contribution is -2.26. The van der Waals surface area contributed by atoms with E-state index in [2.05, 4.69) is 25.6 Å². The Kier molecular flexibility index (Phi) is 4.17. The molecule has 0 saturated carbocycles. The number of aromatic nitrogens is 6. The minimum atomic E-state index is -0.319. The van der Waals surface area contributed by atoms with Crippen LogP contribution in [0.4, 0.5) is 5.69 Å². The SMILES string of the molecule is Cc1nnc2ccc(-c3cccc(NC(=O)Cn4cnccc4=O)c3)nn12. The van der Waals surface area contributed by atoms with Gasteiger partial charge in [0.05, 0.1) is 12.0 Å². The zero-order valence-electron chi connectivity index (χ0n) is 14.4. The lowest BCUT2D eigenvalue weighted by atomic mass is 10.1. The van der Waals surface area contributed by atoms with Crippen molar-refractivity contribution in [2.75, 3.05) is 5.32 Å². The normalized spacial score (nSPS) is 10.9. The summed E-state index contributed by atoms with van der Waals surface area (Å²) in [6.45, 7) is 1.72. The van der Waals surface area contributed by atoms with E-state index in [0.29, 0.717) is 17.2 Å². The number of carbonyl (C=O) groups is 1. The summed E-state index contributed by atoms with van der Waals surface area (Å²) < 4.78 is 2.90. The van der Waals surface area contributed by atoms with Crippen molar-refractivity contribution >= 4 is 17.2 Å². The van der Waals surface area contributed by atoms with Crippen LogP contribution in [-0.2, 0) is 11.3 Å². The van der Waals surface area contributed by atoms with Gasteiger partial charge in [0.25, 0.3) is 5.56 Å². The summed E-state index contributed by atoms with van der Waals surface area (Å²) in [4.78, 5) is 27.8. The molecule has 0 aliphatic carbocycles. The van der Waals surface area contributed by atoms with Gasteiger partial charge >= 0.3 is 0 Å². The van der Waals surface area contributed by atoms with Crippen LogP contribution >= 0.6 is 0 Å². The van der Waals surface area contributed by atoms with Crippen LogP contribution in [0, 0.1) is 6.92 Å². The second-order valence-corrected chi connectivity index (χ2v) is 5.91. The first-order valence-electron chi connectivity index (χ1n) is 8.20. The average molecular weight is 361 g/mol. The molecule has 0 aliphatic heterocycles. The van der Waals surface area contributed by atoms with Crippen LogP contribution in [0.3, 0.4) is 0 Å². The van der Waals surface area contributed by atoms with E-state index < -0.39 is 0 Å². The number of fused-ring (bicyclic) bond motifs is 1. The molecule has 0 radical (unpaired) electrons. The van der Waals surface area contributed by atoms with Crippen LogP contribution in [-0.4, -0.2) is 35.3 Å². The Balaban J connectivity index is 1.56. The fourth-order valence-electron chi connectivity index (χ4n) is 2.66. The van der Waals surface area contributed by atoms with Gasteiger partial charge in [-0.3, -0.25) is 14.2 Å². The van der Waals surface area contributed by atoms with Gasteiger partial charge in [0, 0.05) is 23.5 Å². The average Bonchev–Trinajstić information content (AvgIpc) is 3.04. The highest BCUT2D eigenvalue weighted by Crippen LogP contribution is 2.21. The Hall–Kier alpha value is -3.88. The molecule has 4 rings (SSSR count). The number of anilines is 1. The molecule has 1 amide bonds. The second kappa shape index (κ2) is 6.79. The van der Waals surface area contributed by atoms with Crippen LogP contribution < -0.4 is 10.9 Å². The predicted octanol–water partition coefficient (Wildman–Crippen LogP) is 1.30. The zero-order chi connectivity index (χ0) is 18.8. The number of nitrogens with one attached hydrogen (secondary N) is 1. The maximum absolute atomic E-state index is 12.2. The van der Waals surface area contributed by atoms with Crippen molar-refractivity contribution in [1.29, 1.82) is 0 Å². The summed E-state index contributed by atoms with van der Waals surface area (Å²) in [5, 5.41) is 15.3. The van der Waals surface area contributed by atoms with Gasteiger partial charge < -0.3 is 5.32 Å². The van der Waals surface area contributed by atoms with E-state index >= 15 is 0 Å². The van der Waals surface area contributed by atoms with Crippen molar-refractivity contribution in [2.24, 2.45) is 0 Å². The quantitative estimate of drug-likeness (QED) is 0.587.